The van der Waals surface area contributed by atoms with Crippen molar-refractivity contribution in [3.63, 3.8) is 0 Å². The fraction of sp³-hybridized carbons (Fsp3) is 0.692. The van der Waals surface area contributed by atoms with E-state index < -0.39 is 18.6 Å². The SMILES string of the molecule is CCOCC(F)(F)C1=CCC(CC(C)O)C=C1. The average molecular weight is 246 g/mol. The van der Waals surface area contributed by atoms with Crippen molar-refractivity contribution in [1.82, 2.24) is 0 Å². The molecule has 0 amide bonds. The molecule has 0 spiro atoms. The molecule has 0 bridgehead atoms. The molecule has 17 heavy (non-hydrogen) atoms. The van der Waals surface area contributed by atoms with Gasteiger partial charge < -0.3 is 9.84 Å². The fourth-order valence-electron chi connectivity index (χ4n) is 1.86. The van der Waals surface area contributed by atoms with Gasteiger partial charge in [0.1, 0.15) is 6.61 Å². The Kier molecular flexibility index (Phi) is 5.28. The zero-order chi connectivity index (χ0) is 12.9. The Morgan fingerprint density at radius 1 is 1.59 bits per heavy atom. The Labute approximate surface area is 101 Å². The van der Waals surface area contributed by atoms with Gasteiger partial charge in [-0.1, -0.05) is 18.2 Å². The molecule has 98 valence electrons. The molecule has 2 unspecified atom stereocenters. The van der Waals surface area contributed by atoms with Crippen LogP contribution in [-0.4, -0.2) is 30.3 Å². The van der Waals surface area contributed by atoms with Gasteiger partial charge in [0.2, 0.25) is 0 Å². The Morgan fingerprint density at radius 2 is 2.29 bits per heavy atom. The molecule has 0 aromatic heterocycles. The summed E-state index contributed by atoms with van der Waals surface area (Å²) in [6, 6.07) is 0. The molecule has 2 nitrogen and oxygen atoms in total. The predicted octanol–water partition coefficient (Wildman–Crippen LogP) is 2.93. The van der Waals surface area contributed by atoms with Gasteiger partial charge in [0.25, 0.3) is 5.92 Å². The van der Waals surface area contributed by atoms with Crippen molar-refractivity contribution in [2.45, 2.75) is 38.7 Å². The molecule has 0 aliphatic heterocycles. The van der Waals surface area contributed by atoms with Crippen LogP contribution >= 0.6 is 0 Å². The number of hydrogen-bond donors (Lipinski definition) is 1. The highest BCUT2D eigenvalue weighted by Crippen LogP contribution is 2.31. The molecule has 1 aliphatic carbocycles. The zero-order valence-corrected chi connectivity index (χ0v) is 10.3. The van der Waals surface area contributed by atoms with Crippen molar-refractivity contribution in [3.8, 4) is 0 Å². The number of ether oxygens (including phenoxy) is 1. The van der Waals surface area contributed by atoms with Crippen LogP contribution in [0.25, 0.3) is 0 Å². The number of hydrogen-bond acceptors (Lipinski definition) is 2. The van der Waals surface area contributed by atoms with Crippen molar-refractivity contribution in [1.29, 1.82) is 0 Å². The quantitative estimate of drug-likeness (QED) is 0.780. The van der Waals surface area contributed by atoms with Crippen LogP contribution in [0.2, 0.25) is 0 Å². The van der Waals surface area contributed by atoms with Crippen LogP contribution in [0.1, 0.15) is 26.7 Å². The van der Waals surface area contributed by atoms with E-state index in [0.29, 0.717) is 12.8 Å². The average Bonchev–Trinajstić information content (AvgIpc) is 2.26. The summed E-state index contributed by atoms with van der Waals surface area (Å²) in [5.41, 5.74) is 0.0211. The van der Waals surface area contributed by atoms with E-state index in [1.165, 1.54) is 6.08 Å². The number of alkyl halides is 2. The summed E-state index contributed by atoms with van der Waals surface area (Å²) in [5, 5.41) is 9.22. The van der Waals surface area contributed by atoms with Gasteiger partial charge in [0, 0.05) is 12.2 Å². The molecule has 0 aromatic rings. The third kappa shape index (κ3) is 4.56. The van der Waals surface area contributed by atoms with Crippen LogP contribution < -0.4 is 0 Å². The molecule has 0 saturated carbocycles. The third-order valence-corrected chi connectivity index (χ3v) is 2.74. The molecule has 2 atom stereocenters. The summed E-state index contributed by atoms with van der Waals surface area (Å²) >= 11 is 0. The summed E-state index contributed by atoms with van der Waals surface area (Å²) in [4.78, 5) is 0. The number of halogens is 2. The highest BCUT2D eigenvalue weighted by molar-refractivity contribution is 5.30. The summed E-state index contributed by atoms with van der Waals surface area (Å²) in [7, 11) is 0. The standard InChI is InChI=1S/C13H20F2O2/c1-3-17-9-13(14,15)12-6-4-11(5-7-12)8-10(2)16/h4,6-7,10-11,16H,3,5,8-9H2,1-2H3. The molecule has 4 heteroatoms. The molecule has 1 aliphatic rings. The molecule has 0 radical (unpaired) electrons. The van der Waals surface area contributed by atoms with E-state index >= 15 is 0 Å². The molecule has 0 heterocycles. The maximum atomic E-state index is 13.6. The number of aliphatic hydroxyl groups excluding tert-OH is 1. The van der Waals surface area contributed by atoms with Crippen LogP contribution in [0, 0.1) is 5.92 Å². The highest BCUT2D eigenvalue weighted by atomic mass is 19.3. The van der Waals surface area contributed by atoms with Crippen LogP contribution in [0.3, 0.4) is 0 Å². The van der Waals surface area contributed by atoms with Crippen molar-refractivity contribution in [3.05, 3.63) is 23.8 Å². The van der Waals surface area contributed by atoms with Gasteiger partial charge in [-0.2, -0.15) is 8.78 Å². The molecule has 0 saturated heterocycles. The van der Waals surface area contributed by atoms with Crippen molar-refractivity contribution in [2.24, 2.45) is 5.92 Å². The lowest BCUT2D eigenvalue weighted by molar-refractivity contribution is -0.0434. The van der Waals surface area contributed by atoms with E-state index in [1.54, 1.807) is 26.0 Å². The zero-order valence-electron chi connectivity index (χ0n) is 10.3. The number of allylic oxidation sites excluding steroid dienone is 3. The van der Waals surface area contributed by atoms with E-state index in [9.17, 15) is 13.9 Å². The number of rotatable bonds is 6. The first kappa shape index (κ1) is 14.3. The summed E-state index contributed by atoms with van der Waals surface area (Å²) in [6.45, 7) is 3.12. The lowest BCUT2D eigenvalue weighted by atomic mass is 9.90. The Bertz CT molecular complexity index is 296. The molecular formula is C13H20F2O2. The van der Waals surface area contributed by atoms with E-state index in [0.717, 1.165) is 0 Å². The first-order valence-corrected chi connectivity index (χ1v) is 5.98. The minimum atomic E-state index is -2.91. The Hall–Kier alpha value is -0.740. The van der Waals surface area contributed by atoms with Gasteiger partial charge in [-0.05, 0) is 32.6 Å². The molecule has 1 N–H and O–H groups in total. The van der Waals surface area contributed by atoms with Crippen molar-refractivity contribution < 1.29 is 18.6 Å². The minimum absolute atomic E-state index is 0.0211. The first-order valence-electron chi connectivity index (χ1n) is 5.98. The minimum Gasteiger partial charge on any atom is -0.393 e. The second-order valence-electron chi connectivity index (χ2n) is 4.44. The second-order valence-corrected chi connectivity index (χ2v) is 4.44. The van der Waals surface area contributed by atoms with E-state index in [2.05, 4.69) is 0 Å². The lowest BCUT2D eigenvalue weighted by Crippen LogP contribution is -2.27. The van der Waals surface area contributed by atoms with E-state index in [1.807, 2.05) is 0 Å². The van der Waals surface area contributed by atoms with Gasteiger partial charge in [-0.25, -0.2) is 0 Å². The topological polar surface area (TPSA) is 29.5 Å². The maximum absolute atomic E-state index is 13.6. The van der Waals surface area contributed by atoms with Crippen molar-refractivity contribution in [2.75, 3.05) is 13.2 Å². The highest BCUT2D eigenvalue weighted by Gasteiger charge is 2.34. The molecule has 1 rings (SSSR count). The first-order chi connectivity index (χ1) is 7.95. The predicted molar refractivity (Wildman–Crippen MR) is 63.1 cm³/mol. The monoisotopic (exact) mass is 246 g/mol. The molecule has 0 aromatic carbocycles. The van der Waals surface area contributed by atoms with Gasteiger partial charge in [-0.15, -0.1) is 0 Å². The molecular weight excluding hydrogens is 226 g/mol. The molecule has 0 fully saturated rings. The van der Waals surface area contributed by atoms with E-state index in [-0.39, 0.29) is 18.1 Å². The summed E-state index contributed by atoms with van der Waals surface area (Å²) in [6.07, 6.45) is 5.52. The van der Waals surface area contributed by atoms with Gasteiger partial charge in [-0.3, -0.25) is 0 Å². The van der Waals surface area contributed by atoms with Crippen LogP contribution in [-0.2, 0) is 4.74 Å². The summed E-state index contributed by atoms with van der Waals surface area (Å²) in [5.74, 6) is -2.76. The van der Waals surface area contributed by atoms with Crippen LogP contribution in [0.4, 0.5) is 8.78 Å². The Balaban J connectivity index is 2.53. The Morgan fingerprint density at radius 3 is 2.76 bits per heavy atom. The van der Waals surface area contributed by atoms with E-state index in [4.69, 9.17) is 4.74 Å². The number of aliphatic hydroxyl groups is 1. The van der Waals surface area contributed by atoms with Crippen LogP contribution in [0.5, 0.6) is 0 Å². The maximum Gasteiger partial charge on any atom is 0.295 e. The fourth-order valence-corrected chi connectivity index (χ4v) is 1.86. The third-order valence-electron chi connectivity index (χ3n) is 2.74. The van der Waals surface area contributed by atoms with Gasteiger partial charge in [0.15, 0.2) is 0 Å². The van der Waals surface area contributed by atoms with Crippen molar-refractivity contribution >= 4 is 0 Å². The summed E-state index contributed by atoms with van der Waals surface area (Å²) < 4.78 is 32.0. The lowest BCUT2D eigenvalue weighted by Gasteiger charge is -2.22. The van der Waals surface area contributed by atoms with Gasteiger partial charge in [0.05, 0.1) is 6.10 Å². The smallest absolute Gasteiger partial charge is 0.295 e. The largest absolute Gasteiger partial charge is 0.393 e. The normalized spacial score (nSPS) is 22.4. The second kappa shape index (κ2) is 6.26. The van der Waals surface area contributed by atoms with Crippen LogP contribution in [0.15, 0.2) is 23.8 Å². The van der Waals surface area contributed by atoms with Gasteiger partial charge >= 0.3 is 0 Å².